The Hall–Kier alpha value is -0.960. The van der Waals surface area contributed by atoms with E-state index in [2.05, 4.69) is 42.6 Å². The van der Waals surface area contributed by atoms with Gasteiger partial charge in [0.2, 0.25) is 0 Å². The summed E-state index contributed by atoms with van der Waals surface area (Å²) in [6.07, 6.45) is 6.69. The molecule has 0 aromatic heterocycles. The van der Waals surface area contributed by atoms with E-state index in [1.54, 1.807) is 0 Å². The fourth-order valence-electron chi connectivity index (χ4n) is 3.40. The number of rotatable bonds is 4. The van der Waals surface area contributed by atoms with Crippen LogP contribution in [0.25, 0.3) is 0 Å². The van der Waals surface area contributed by atoms with Crippen molar-refractivity contribution < 1.29 is 0 Å². The van der Waals surface area contributed by atoms with Crippen LogP contribution in [0.15, 0.2) is 35.3 Å². The minimum atomic E-state index is 0.542. The van der Waals surface area contributed by atoms with Crippen molar-refractivity contribution in [2.75, 3.05) is 12.3 Å². The number of amidine groups is 1. The molecule has 0 radical (unpaired) electrons. The quantitative estimate of drug-likeness (QED) is 0.905. The van der Waals surface area contributed by atoms with E-state index in [1.807, 2.05) is 11.8 Å². The highest BCUT2D eigenvalue weighted by molar-refractivity contribution is 8.14. The monoisotopic (exact) mass is 302 g/mol. The van der Waals surface area contributed by atoms with Gasteiger partial charge >= 0.3 is 0 Å². The van der Waals surface area contributed by atoms with Gasteiger partial charge in [-0.15, -0.1) is 0 Å². The summed E-state index contributed by atoms with van der Waals surface area (Å²) in [4.78, 5) is 4.86. The fourth-order valence-corrected chi connectivity index (χ4v) is 4.38. The van der Waals surface area contributed by atoms with Gasteiger partial charge in [-0.05, 0) is 30.2 Å². The molecule has 0 spiro atoms. The lowest BCUT2D eigenvalue weighted by molar-refractivity contribution is 0.264. The molecule has 1 aliphatic carbocycles. The van der Waals surface area contributed by atoms with Crippen molar-refractivity contribution in [3.05, 3.63) is 35.9 Å². The van der Waals surface area contributed by atoms with Crippen molar-refractivity contribution in [3.8, 4) is 0 Å². The maximum Gasteiger partial charge on any atom is 0.156 e. The lowest BCUT2D eigenvalue weighted by Crippen LogP contribution is -2.29. The third-order valence-corrected chi connectivity index (χ3v) is 5.92. The highest BCUT2D eigenvalue weighted by Crippen LogP contribution is 2.30. The van der Waals surface area contributed by atoms with Gasteiger partial charge in [-0.25, -0.2) is 0 Å². The molecule has 3 atom stereocenters. The molecule has 1 aliphatic heterocycles. The third-order valence-electron chi connectivity index (χ3n) is 4.83. The second kappa shape index (κ2) is 7.35. The molecule has 1 saturated carbocycles. The van der Waals surface area contributed by atoms with Crippen LogP contribution in [0.2, 0.25) is 0 Å². The number of benzene rings is 1. The number of thioether (sulfide) groups is 1. The van der Waals surface area contributed by atoms with Crippen LogP contribution in [0.4, 0.5) is 0 Å². The Balaban J connectivity index is 1.48. The Bertz CT molecular complexity index is 471. The van der Waals surface area contributed by atoms with Gasteiger partial charge in [0.15, 0.2) is 5.17 Å². The highest BCUT2D eigenvalue weighted by Gasteiger charge is 2.23. The van der Waals surface area contributed by atoms with Crippen LogP contribution in [0.5, 0.6) is 0 Å². The Morgan fingerprint density at radius 1 is 1.19 bits per heavy atom. The molecule has 3 heteroatoms. The molecule has 3 rings (SSSR count). The molecule has 1 saturated heterocycles. The number of nitrogens with one attached hydrogen (secondary N) is 1. The lowest BCUT2D eigenvalue weighted by atomic mass is 9.80. The number of hydrogen-bond acceptors (Lipinski definition) is 2. The van der Waals surface area contributed by atoms with Gasteiger partial charge in [-0.1, -0.05) is 68.3 Å². The van der Waals surface area contributed by atoms with Crippen molar-refractivity contribution >= 4 is 16.9 Å². The normalized spacial score (nSPS) is 31.3. The maximum atomic E-state index is 4.86. The van der Waals surface area contributed by atoms with Gasteiger partial charge < -0.3 is 5.32 Å². The van der Waals surface area contributed by atoms with E-state index in [9.17, 15) is 0 Å². The molecule has 1 N–H and O–H groups in total. The van der Waals surface area contributed by atoms with E-state index < -0.39 is 0 Å². The summed E-state index contributed by atoms with van der Waals surface area (Å²) in [5, 5.41) is 4.78. The number of nitrogens with zero attached hydrogens (tertiary/aromatic N) is 1. The summed E-state index contributed by atoms with van der Waals surface area (Å²) in [6.45, 7) is 3.42. The average molecular weight is 302 g/mol. The van der Waals surface area contributed by atoms with Crippen LogP contribution in [0, 0.1) is 11.8 Å². The van der Waals surface area contributed by atoms with E-state index >= 15 is 0 Å². The molecule has 2 aliphatic rings. The first-order valence-corrected chi connectivity index (χ1v) is 9.27. The molecule has 21 heavy (non-hydrogen) atoms. The Morgan fingerprint density at radius 3 is 2.81 bits per heavy atom. The van der Waals surface area contributed by atoms with Crippen molar-refractivity contribution in [2.45, 2.75) is 45.1 Å². The molecule has 0 bridgehead atoms. The van der Waals surface area contributed by atoms with Crippen LogP contribution >= 0.6 is 11.8 Å². The molecule has 2 fully saturated rings. The molecule has 0 amide bonds. The van der Waals surface area contributed by atoms with E-state index in [1.165, 1.54) is 36.4 Å². The summed E-state index contributed by atoms with van der Waals surface area (Å²) in [5.74, 6) is 2.81. The molecule has 114 valence electrons. The maximum absolute atomic E-state index is 4.86. The van der Waals surface area contributed by atoms with Crippen LogP contribution in [-0.2, 0) is 6.42 Å². The Labute approximate surface area is 132 Å². The number of aliphatic imine (C=N–C) groups is 1. The predicted molar refractivity (Wildman–Crippen MR) is 93.0 cm³/mol. The zero-order chi connectivity index (χ0) is 14.5. The van der Waals surface area contributed by atoms with E-state index in [0.717, 1.165) is 30.6 Å². The van der Waals surface area contributed by atoms with Crippen LogP contribution < -0.4 is 5.32 Å². The zero-order valence-electron chi connectivity index (χ0n) is 12.9. The van der Waals surface area contributed by atoms with Crippen molar-refractivity contribution in [2.24, 2.45) is 16.8 Å². The topological polar surface area (TPSA) is 24.4 Å². The third kappa shape index (κ3) is 4.26. The summed E-state index contributed by atoms with van der Waals surface area (Å²) < 4.78 is 0. The zero-order valence-corrected chi connectivity index (χ0v) is 13.7. The second-order valence-electron chi connectivity index (χ2n) is 6.51. The van der Waals surface area contributed by atoms with Gasteiger partial charge in [-0.2, -0.15) is 0 Å². The molecule has 1 heterocycles. The summed E-state index contributed by atoms with van der Waals surface area (Å²) in [6, 6.07) is 11.3. The standard InChI is InChI=1S/C18H26N2S/c1-14-7-5-6-10-16(14)12-19-18-20-17(13-21-18)11-15-8-3-2-4-9-15/h2-4,8-9,14,16-17H,5-7,10-13H2,1H3,(H,19,20). The molecule has 2 nitrogen and oxygen atoms in total. The molecule has 3 unspecified atom stereocenters. The van der Waals surface area contributed by atoms with Gasteiger partial charge in [0, 0.05) is 18.3 Å². The van der Waals surface area contributed by atoms with Crippen molar-refractivity contribution in [1.82, 2.24) is 5.32 Å². The van der Waals surface area contributed by atoms with Crippen molar-refractivity contribution in [3.63, 3.8) is 0 Å². The molecule has 1 aromatic carbocycles. The second-order valence-corrected chi connectivity index (χ2v) is 7.52. The fraction of sp³-hybridized carbons (Fsp3) is 0.611. The first kappa shape index (κ1) is 15.0. The molecular weight excluding hydrogens is 276 g/mol. The average Bonchev–Trinajstić information content (AvgIpc) is 2.95. The highest BCUT2D eigenvalue weighted by atomic mass is 32.2. The summed E-state index contributed by atoms with van der Waals surface area (Å²) >= 11 is 1.90. The number of hydrogen-bond donors (Lipinski definition) is 1. The largest absolute Gasteiger partial charge is 0.361 e. The minimum absolute atomic E-state index is 0.542. The summed E-state index contributed by atoms with van der Waals surface area (Å²) in [7, 11) is 0. The Kier molecular flexibility index (Phi) is 5.23. The van der Waals surface area contributed by atoms with Gasteiger partial charge in [0.1, 0.15) is 0 Å². The first-order valence-electron chi connectivity index (χ1n) is 8.29. The first-order chi connectivity index (χ1) is 10.3. The van der Waals surface area contributed by atoms with Gasteiger partial charge in [-0.3, -0.25) is 4.99 Å². The smallest absolute Gasteiger partial charge is 0.156 e. The SMILES string of the molecule is CC1CCCCC1CN=C1NC(Cc2ccccc2)CS1. The molecular formula is C18H26N2S. The Morgan fingerprint density at radius 2 is 2.00 bits per heavy atom. The lowest BCUT2D eigenvalue weighted by Gasteiger charge is -2.27. The van der Waals surface area contributed by atoms with Crippen LogP contribution in [-0.4, -0.2) is 23.5 Å². The van der Waals surface area contributed by atoms with E-state index in [0.29, 0.717) is 6.04 Å². The predicted octanol–water partition coefficient (Wildman–Crippen LogP) is 4.12. The van der Waals surface area contributed by atoms with Crippen LogP contribution in [0.3, 0.4) is 0 Å². The van der Waals surface area contributed by atoms with Gasteiger partial charge in [0.05, 0.1) is 0 Å². The summed E-state index contributed by atoms with van der Waals surface area (Å²) in [5.41, 5.74) is 1.41. The molecule has 1 aromatic rings. The van der Waals surface area contributed by atoms with Crippen molar-refractivity contribution in [1.29, 1.82) is 0 Å². The van der Waals surface area contributed by atoms with Crippen LogP contribution in [0.1, 0.15) is 38.2 Å². The van der Waals surface area contributed by atoms with E-state index in [-0.39, 0.29) is 0 Å². The van der Waals surface area contributed by atoms with Gasteiger partial charge in [0.25, 0.3) is 0 Å². The van der Waals surface area contributed by atoms with E-state index in [4.69, 9.17) is 4.99 Å². The minimum Gasteiger partial charge on any atom is -0.361 e.